The Kier molecular flexibility index (Phi) is 4.35. The van der Waals surface area contributed by atoms with Crippen LogP contribution in [0.3, 0.4) is 0 Å². The van der Waals surface area contributed by atoms with E-state index in [1.807, 2.05) is 0 Å². The normalized spacial score (nSPS) is 23.8. The van der Waals surface area contributed by atoms with Crippen molar-refractivity contribution in [2.24, 2.45) is 11.8 Å². The minimum Gasteiger partial charge on any atom is -0.302 e. The summed E-state index contributed by atoms with van der Waals surface area (Å²) in [5.74, 6) is 1.14. The van der Waals surface area contributed by atoms with Crippen LogP contribution in [-0.2, 0) is 0 Å². The topological polar surface area (TPSA) is 20.3 Å². The van der Waals surface area contributed by atoms with E-state index in [1.165, 1.54) is 6.07 Å². The zero-order valence-corrected chi connectivity index (χ0v) is 11.9. The van der Waals surface area contributed by atoms with Crippen LogP contribution in [0.5, 0.6) is 0 Å². The van der Waals surface area contributed by atoms with Gasteiger partial charge in [-0.05, 0) is 30.4 Å². The van der Waals surface area contributed by atoms with Crippen LogP contribution in [-0.4, -0.2) is 30.3 Å². The molecule has 104 valence electrons. The van der Waals surface area contributed by atoms with Gasteiger partial charge in [-0.1, -0.05) is 26.0 Å². The molecule has 0 amide bonds. The van der Waals surface area contributed by atoms with Gasteiger partial charge in [0.1, 0.15) is 5.82 Å². The number of carbonyl (C=O) groups excluding carboxylic acids is 1. The SMILES string of the molecule is Cc1ccc(C(=O)CCN2CC(C)C(C)C2)cc1F. The van der Waals surface area contributed by atoms with Crippen LogP contribution in [0.15, 0.2) is 18.2 Å². The first-order chi connectivity index (χ1) is 8.97. The van der Waals surface area contributed by atoms with E-state index in [4.69, 9.17) is 0 Å². The number of rotatable bonds is 4. The molecule has 1 aromatic carbocycles. The van der Waals surface area contributed by atoms with Crippen molar-refractivity contribution in [1.82, 2.24) is 4.90 Å². The average molecular weight is 263 g/mol. The molecule has 2 rings (SSSR count). The summed E-state index contributed by atoms with van der Waals surface area (Å²) < 4.78 is 13.4. The van der Waals surface area contributed by atoms with E-state index in [2.05, 4.69) is 18.7 Å². The van der Waals surface area contributed by atoms with Crippen molar-refractivity contribution in [2.75, 3.05) is 19.6 Å². The van der Waals surface area contributed by atoms with Crippen molar-refractivity contribution >= 4 is 5.78 Å². The zero-order chi connectivity index (χ0) is 14.0. The monoisotopic (exact) mass is 263 g/mol. The number of aryl methyl sites for hydroxylation is 1. The Morgan fingerprint density at radius 2 is 1.95 bits per heavy atom. The van der Waals surface area contributed by atoms with Gasteiger partial charge in [0.15, 0.2) is 5.78 Å². The highest BCUT2D eigenvalue weighted by atomic mass is 19.1. The average Bonchev–Trinajstić information content (AvgIpc) is 2.69. The molecule has 0 aliphatic carbocycles. The minimum absolute atomic E-state index is 0.0334. The number of halogens is 1. The van der Waals surface area contributed by atoms with Crippen LogP contribution >= 0.6 is 0 Å². The summed E-state index contributed by atoms with van der Waals surface area (Å²) in [6.45, 7) is 9.12. The number of likely N-dealkylation sites (tertiary alicyclic amines) is 1. The molecule has 1 aliphatic heterocycles. The van der Waals surface area contributed by atoms with Gasteiger partial charge < -0.3 is 4.90 Å². The second-order valence-electron chi connectivity index (χ2n) is 5.85. The van der Waals surface area contributed by atoms with Crippen LogP contribution in [0.4, 0.5) is 4.39 Å². The van der Waals surface area contributed by atoms with E-state index >= 15 is 0 Å². The summed E-state index contributed by atoms with van der Waals surface area (Å²) in [6.07, 6.45) is 0.474. The minimum atomic E-state index is -0.297. The molecule has 1 aliphatic rings. The van der Waals surface area contributed by atoms with Crippen molar-refractivity contribution in [1.29, 1.82) is 0 Å². The molecule has 0 spiro atoms. The van der Waals surface area contributed by atoms with E-state index < -0.39 is 0 Å². The van der Waals surface area contributed by atoms with Gasteiger partial charge in [-0.2, -0.15) is 0 Å². The maximum atomic E-state index is 13.4. The second kappa shape index (κ2) is 5.83. The van der Waals surface area contributed by atoms with Crippen LogP contribution in [0, 0.1) is 24.6 Å². The van der Waals surface area contributed by atoms with Gasteiger partial charge in [-0.15, -0.1) is 0 Å². The molecule has 0 radical (unpaired) electrons. The van der Waals surface area contributed by atoms with Crippen LogP contribution in [0.25, 0.3) is 0 Å². The Morgan fingerprint density at radius 3 is 2.53 bits per heavy atom. The smallest absolute Gasteiger partial charge is 0.164 e. The van der Waals surface area contributed by atoms with Crippen molar-refractivity contribution in [3.05, 3.63) is 35.1 Å². The summed E-state index contributed by atoms with van der Waals surface area (Å²) in [5.41, 5.74) is 1.07. The van der Waals surface area contributed by atoms with Gasteiger partial charge in [0.25, 0.3) is 0 Å². The number of ketones is 1. The first-order valence-electron chi connectivity index (χ1n) is 6.99. The molecule has 1 aromatic rings. The van der Waals surface area contributed by atoms with Gasteiger partial charge in [0.2, 0.25) is 0 Å². The van der Waals surface area contributed by atoms with Crippen LogP contribution in [0.2, 0.25) is 0 Å². The molecule has 1 fully saturated rings. The highest BCUT2D eigenvalue weighted by Crippen LogP contribution is 2.22. The number of benzene rings is 1. The Hall–Kier alpha value is -1.22. The molecule has 2 atom stereocenters. The molecular weight excluding hydrogens is 241 g/mol. The molecule has 2 unspecified atom stereocenters. The highest BCUT2D eigenvalue weighted by Gasteiger charge is 2.25. The van der Waals surface area contributed by atoms with Gasteiger partial charge in [0, 0.05) is 31.6 Å². The molecular formula is C16H22FNO. The lowest BCUT2D eigenvalue weighted by molar-refractivity contribution is 0.0967. The fourth-order valence-electron chi connectivity index (χ4n) is 2.60. The third kappa shape index (κ3) is 3.41. The molecule has 3 heteroatoms. The summed E-state index contributed by atoms with van der Waals surface area (Å²) in [6, 6.07) is 4.74. The third-order valence-electron chi connectivity index (χ3n) is 4.21. The molecule has 1 heterocycles. The first-order valence-corrected chi connectivity index (χ1v) is 6.99. The Bertz CT molecular complexity index is 462. The maximum Gasteiger partial charge on any atom is 0.164 e. The summed E-state index contributed by atoms with van der Waals surface area (Å²) in [7, 11) is 0. The standard InChI is InChI=1S/C16H22FNO/c1-11-4-5-14(8-15(11)17)16(19)6-7-18-9-12(2)13(3)10-18/h4-5,8,12-13H,6-7,9-10H2,1-3H3. The van der Waals surface area contributed by atoms with E-state index in [0.717, 1.165) is 19.6 Å². The number of carbonyl (C=O) groups is 1. The summed E-state index contributed by atoms with van der Waals surface area (Å²) in [5, 5.41) is 0. The lowest BCUT2D eigenvalue weighted by atomic mass is 10.0. The van der Waals surface area contributed by atoms with Gasteiger partial charge in [0.05, 0.1) is 0 Å². The van der Waals surface area contributed by atoms with Crippen molar-refractivity contribution in [3.8, 4) is 0 Å². The van der Waals surface area contributed by atoms with Crippen molar-refractivity contribution < 1.29 is 9.18 Å². The summed E-state index contributed by atoms with van der Waals surface area (Å²) in [4.78, 5) is 14.4. The fourth-order valence-corrected chi connectivity index (χ4v) is 2.60. The molecule has 0 saturated carbocycles. The fraction of sp³-hybridized carbons (Fsp3) is 0.562. The molecule has 2 nitrogen and oxygen atoms in total. The molecule has 19 heavy (non-hydrogen) atoms. The summed E-state index contributed by atoms with van der Waals surface area (Å²) >= 11 is 0. The Balaban J connectivity index is 1.89. The van der Waals surface area contributed by atoms with Gasteiger partial charge in [-0.25, -0.2) is 4.39 Å². The zero-order valence-electron chi connectivity index (χ0n) is 11.9. The second-order valence-corrected chi connectivity index (χ2v) is 5.85. The largest absolute Gasteiger partial charge is 0.302 e. The molecule has 0 aromatic heterocycles. The predicted molar refractivity (Wildman–Crippen MR) is 74.9 cm³/mol. The van der Waals surface area contributed by atoms with Crippen LogP contribution in [0.1, 0.15) is 36.2 Å². The molecule has 0 bridgehead atoms. The van der Waals surface area contributed by atoms with E-state index in [1.54, 1.807) is 19.1 Å². The highest BCUT2D eigenvalue weighted by molar-refractivity contribution is 5.96. The Labute approximate surface area is 114 Å². The lowest BCUT2D eigenvalue weighted by Gasteiger charge is -2.14. The third-order valence-corrected chi connectivity index (χ3v) is 4.21. The predicted octanol–water partition coefficient (Wildman–Crippen LogP) is 3.29. The number of nitrogens with zero attached hydrogens (tertiary/aromatic N) is 1. The van der Waals surface area contributed by atoms with E-state index in [-0.39, 0.29) is 11.6 Å². The van der Waals surface area contributed by atoms with Gasteiger partial charge in [-0.3, -0.25) is 4.79 Å². The molecule has 1 saturated heterocycles. The van der Waals surface area contributed by atoms with Crippen molar-refractivity contribution in [3.63, 3.8) is 0 Å². The van der Waals surface area contributed by atoms with Crippen LogP contribution < -0.4 is 0 Å². The first kappa shape index (κ1) is 14.2. The Morgan fingerprint density at radius 1 is 1.32 bits per heavy atom. The molecule has 0 N–H and O–H groups in total. The van der Waals surface area contributed by atoms with Crippen molar-refractivity contribution in [2.45, 2.75) is 27.2 Å². The maximum absolute atomic E-state index is 13.4. The number of Topliss-reactive ketones (excluding diaryl/α,β-unsaturated/α-hetero) is 1. The lowest BCUT2D eigenvalue weighted by Crippen LogP contribution is -2.24. The quantitative estimate of drug-likeness (QED) is 0.777. The van der Waals surface area contributed by atoms with E-state index in [9.17, 15) is 9.18 Å². The van der Waals surface area contributed by atoms with E-state index in [0.29, 0.717) is 29.4 Å². The van der Waals surface area contributed by atoms with Gasteiger partial charge >= 0.3 is 0 Å². The number of hydrogen-bond donors (Lipinski definition) is 0. The number of hydrogen-bond acceptors (Lipinski definition) is 2.